The minimum atomic E-state index is -0.403. The monoisotopic (exact) mass is 170 g/mol. The normalized spacial score (nSPS) is 28.1. The molecular formula is C9H14O3. The molecule has 0 bridgehead atoms. The predicted octanol–water partition coefficient (Wildman–Crippen LogP) is 1.49. The molecule has 0 radical (unpaired) electrons. The molecular weight excluding hydrogens is 156 g/mol. The highest BCUT2D eigenvalue weighted by molar-refractivity contribution is 5.77. The molecule has 0 aliphatic carbocycles. The van der Waals surface area contributed by atoms with Crippen molar-refractivity contribution in [1.82, 2.24) is 0 Å². The van der Waals surface area contributed by atoms with Crippen LogP contribution >= 0.6 is 0 Å². The number of cyclic esters (lactones) is 1. The fraction of sp³-hybridized carbons (Fsp3) is 0.667. The molecule has 12 heavy (non-hydrogen) atoms. The van der Waals surface area contributed by atoms with Crippen molar-refractivity contribution in [1.29, 1.82) is 0 Å². The molecule has 0 N–H and O–H groups in total. The van der Waals surface area contributed by atoms with Crippen LogP contribution in [0.2, 0.25) is 0 Å². The fourth-order valence-electron chi connectivity index (χ4n) is 1.01. The van der Waals surface area contributed by atoms with Crippen molar-refractivity contribution in [2.75, 3.05) is 6.61 Å². The Morgan fingerprint density at radius 2 is 2.33 bits per heavy atom. The van der Waals surface area contributed by atoms with Gasteiger partial charge >= 0.3 is 5.97 Å². The van der Waals surface area contributed by atoms with E-state index in [4.69, 9.17) is 9.47 Å². The number of hydrogen-bond donors (Lipinski definition) is 0. The Balaban J connectivity index is 2.50. The SMILES string of the molecule is CC(C)=COC1C(=O)OCC1C. The molecule has 3 nitrogen and oxygen atoms in total. The van der Waals surface area contributed by atoms with Gasteiger partial charge in [-0.25, -0.2) is 4.79 Å². The van der Waals surface area contributed by atoms with Crippen LogP contribution in [0, 0.1) is 5.92 Å². The van der Waals surface area contributed by atoms with Gasteiger partial charge in [0.2, 0.25) is 6.10 Å². The van der Waals surface area contributed by atoms with E-state index in [2.05, 4.69) is 0 Å². The van der Waals surface area contributed by atoms with Crippen LogP contribution in [0.15, 0.2) is 11.8 Å². The van der Waals surface area contributed by atoms with Gasteiger partial charge in [0, 0.05) is 5.92 Å². The van der Waals surface area contributed by atoms with E-state index in [0.29, 0.717) is 6.61 Å². The molecule has 0 aromatic carbocycles. The summed E-state index contributed by atoms with van der Waals surface area (Å²) in [5.74, 6) is -0.0897. The molecule has 0 saturated carbocycles. The third-order valence-electron chi connectivity index (χ3n) is 1.69. The average Bonchev–Trinajstić information content (AvgIpc) is 2.28. The van der Waals surface area contributed by atoms with Crippen LogP contribution in [0.25, 0.3) is 0 Å². The van der Waals surface area contributed by atoms with Crippen molar-refractivity contribution in [3.05, 3.63) is 11.8 Å². The Kier molecular flexibility index (Phi) is 2.74. The van der Waals surface area contributed by atoms with Gasteiger partial charge in [-0.2, -0.15) is 0 Å². The Hall–Kier alpha value is -0.990. The van der Waals surface area contributed by atoms with E-state index in [1.807, 2.05) is 20.8 Å². The van der Waals surface area contributed by atoms with Gasteiger partial charge in [0.1, 0.15) is 0 Å². The zero-order valence-electron chi connectivity index (χ0n) is 7.66. The molecule has 2 atom stereocenters. The molecule has 1 fully saturated rings. The molecule has 0 aromatic heterocycles. The number of carbonyl (C=O) groups is 1. The number of rotatable bonds is 2. The van der Waals surface area contributed by atoms with Crippen LogP contribution in [0.3, 0.4) is 0 Å². The van der Waals surface area contributed by atoms with E-state index >= 15 is 0 Å². The molecule has 68 valence electrons. The predicted molar refractivity (Wildman–Crippen MR) is 44.4 cm³/mol. The van der Waals surface area contributed by atoms with E-state index in [0.717, 1.165) is 5.57 Å². The second-order valence-corrected chi connectivity index (χ2v) is 3.36. The summed E-state index contributed by atoms with van der Waals surface area (Å²) in [4.78, 5) is 11.0. The quantitative estimate of drug-likeness (QED) is 0.465. The van der Waals surface area contributed by atoms with Gasteiger partial charge in [-0.3, -0.25) is 0 Å². The van der Waals surface area contributed by atoms with Crippen LogP contribution in [-0.4, -0.2) is 18.7 Å². The highest BCUT2D eigenvalue weighted by Gasteiger charge is 2.34. The molecule has 1 aliphatic rings. The molecule has 1 rings (SSSR count). The van der Waals surface area contributed by atoms with Crippen molar-refractivity contribution >= 4 is 5.97 Å². The Labute approximate surface area is 72.4 Å². The van der Waals surface area contributed by atoms with Gasteiger partial charge in [0.25, 0.3) is 0 Å². The summed E-state index contributed by atoms with van der Waals surface area (Å²) in [7, 11) is 0. The maximum atomic E-state index is 11.0. The number of ether oxygens (including phenoxy) is 2. The number of carbonyl (C=O) groups excluding carboxylic acids is 1. The summed E-state index contributed by atoms with van der Waals surface area (Å²) >= 11 is 0. The van der Waals surface area contributed by atoms with Crippen molar-refractivity contribution in [3.63, 3.8) is 0 Å². The lowest BCUT2D eigenvalue weighted by molar-refractivity contribution is -0.145. The highest BCUT2D eigenvalue weighted by Crippen LogP contribution is 2.18. The van der Waals surface area contributed by atoms with E-state index in [1.54, 1.807) is 6.26 Å². The summed E-state index contributed by atoms with van der Waals surface area (Å²) in [6.07, 6.45) is 1.20. The van der Waals surface area contributed by atoms with E-state index < -0.39 is 6.10 Å². The highest BCUT2D eigenvalue weighted by atomic mass is 16.6. The summed E-state index contributed by atoms with van der Waals surface area (Å²) in [6.45, 7) is 6.25. The molecule has 3 heteroatoms. The molecule has 0 spiro atoms. The van der Waals surface area contributed by atoms with Crippen LogP contribution in [0.5, 0.6) is 0 Å². The van der Waals surface area contributed by atoms with Crippen molar-refractivity contribution in [2.45, 2.75) is 26.9 Å². The molecule has 0 aromatic rings. The van der Waals surface area contributed by atoms with Gasteiger partial charge in [-0.15, -0.1) is 0 Å². The zero-order valence-corrected chi connectivity index (χ0v) is 7.66. The van der Waals surface area contributed by atoms with Crippen LogP contribution in [0.1, 0.15) is 20.8 Å². The van der Waals surface area contributed by atoms with Gasteiger partial charge in [0.15, 0.2) is 0 Å². The van der Waals surface area contributed by atoms with Gasteiger partial charge in [-0.05, 0) is 19.4 Å². The third kappa shape index (κ3) is 2.00. The lowest BCUT2D eigenvalue weighted by Gasteiger charge is -2.09. The zero-order chi connectivity index (χ0) is 9.14. The summed E-state index contributed by atoms with van der Waals surface area (Å²) < 4.78 is 10.1. The first-order valence-corrected chi connectivity index (χ1v) is 4.06. The van der Waals surface area contributed by atoms with Crippen molar-refractivity contribution in [3.8, 4) is 0 Å². The topological polar surface area (TPSA) is 35.5 Å². The lowest BCUT2D eigenvalue weighted by Crippen LogP contribution is -2.22. The van der Waals surface area contributed by atoms with Gasteiger partial charge < -0.3 is 9.47 Å². The first-order valence-electron chi connectivity index (χ1n) is 4.06. The lowest BCUT2D eigenvalue weighted by atomic mass is 10.1. The Morgan fingerprint density at radius 1 is 1.67 bits per heavy atom. The number of hydrogen-bond acceptors (Lipinski definition) is 3. The van der Waals surface area contributed by atoms with Crippen molar-refractivity contribution < 1.29 is 14.3 Å². The van der Waals surface area contributed by atoms with E-state index in [1.165, 1.54) is 0 Å². The Morgan fingerprint density at radius 3 is 2.75 bits per heavy atom. The largest absolute Gasteiger partial charge is 0.486 e. The van der Waals surface area contributed by atoms with Crippen molar-refractivity contribution in [2.24, 2.45) is 5.92 Å². The minimum absolute atomic E-state index is 0.160. The first kappa shape index (κ1) is 9.10. The van der Waals surface area contributed by atoms with Crippen LogP contribution in [0.4, 0.5) is 0 Å². The summed E-state index contributed by atoms with van der Waals surface area (Å²) in [6, 6.07) is 0. The standard InChI is InChI=1S/C9H14O3/c1-6(2)4-11-8-7(3)5-12-9(8)10/h4,7-8H,5H2,1-3H3. The second kappa shape index (κ2) is 3.61. The summed E-state index contributed by atoms with van der Waals surface area (Å²) in [5.41, 5.74) is 1.04. The van der Waals surface area contributed by atoms with Crippen LogP contribution in [-0.2, 0) is 14.3 Å². The van der Waals surface area contributed by atoms with E-state index in [9.17, 15) is 4.79 Å². The molecule has 1 saturated heterocycles. The smallest absolute Gasteiger partial charge is 0.347 e. The third-order valence-corrected chi connectivity index (χ3v) is 1.69. The van der Waals surface area contributed by atoms with Crippen LogP contribution < -0.4 is 0 Å². The first-order chi connectivity index (χ1) is 5.61. The van der Waals surface area contributed by atoms with E-state index in [-0.39, 0.29) is 11.9 Å². The molecule has 2 unspecified atom stereocenters. The fourth-order valence-corrected chi connectivity index (χ4v) is 1.01. The minimum Gasteiger partial charge on any atom is -0.486 e. The average molecular weight is 170 g/mol. The molecule has 1 heterocycles. The Bertz CT molecular complexity index is 204. The van der Waals surface area contributed by atoms with Gasteiger partial charge in [-0.1, -0.05) is 6.92 Å². The molecule has 0 amide bonds. The maximum Gasteiger partial charge on any atom is 0.347 e. The summed E-state index contributed by atoms with van der Waals surface area (Å²) in [5, 5.41) is 0. The van der Waals surface area contributed by atoms with Gasteiger partial charge in [0.05, 0.1) is 12.9 Å². The second-order valence-electron chi connectivity index (χ2n) is 3.36. The number of esters is 1. The number of allylic oxidation sites excluding steroid dienone is 1. The maximum absolute atomic E-state index is 11.0. The molecule has 1 aliphatic heterocycles.